The van der Waals surface area contributed by atoms with E-state index in [0.29, 0.717) is 6.61 Å². The molecule has 2 aromatic heterocycles. The molecule has 0 aliphatic rings. The van der Waals surface area contributed by atoms with Gasteiger partial charge in [-0.25, -0.2) is 4.98 Å². The van der Waals surface area contributed by atoms with Crippen LogP contribution in [0.2, 0.25) is 0 Å². The minimum Gasteiger partial charge on any atom is -0.487 e. The third-order valence-corrected chi connectivity index (χ3v) is 5.11. The van der Waals surface area contributed by atoms with Gasteiger partial charge in [-0.2, -0.15) is 0 Å². The van der Waals surface area contributed by atoms with Gasteiger partial charge in [0, 0.05) is 23.3 Å². The van der Waals surface area contributed by atoms with Crippen LogP contribution in [0.5, 0.6) is 5.75 Å². The third-order valence-electron chi connectivity index (χ3n) is 5.11. The van der Waals surface area contributed by atoms with Gasteiger partial charge in [0.15, 0.2) is 0 Å². The van der Waals surface area contributed by atoms with E-state index < -0.39 is 0 Å². The molecule has 2 heterocycles. The Labute approximate surface area is 175 Å². The van der Waals surface area contributed by atoms with E-state index in [0.717, 1.165) is 33.5 Å². The maximum Gasteiger partial charge on any atom is 0.130 e. The summed E-state index contributed by atoms with van der Waals surface area (Å²) in [5.41, 5.74) is 6.50. The molecule has 0 bridgehead atoms. The van der Waals surface area contributed by atoms with Gasteiger partial charge >= 0.3 is 0 Å². The highest BCUT2D eigenvalue weighted by molar-refractivity contribution is 5.83. The van der Waals surface area contributed by atoms with Crippen LogP contribution in [0.1, 0.15) is 5.69 Å². The minimum atomic E-state index is 0.441. The van der Waals surface area contributed by atoms with Crippen LogP contribution in [0.25, 0.3) is 33.2 Å². The largest absolute Gasteiger partial charge is 0.487 e. The molecule has 0 fully saturated rings. The van der Waals surface area contributed by atoms with Gasteiger partial charge in [0.1, 0.15) is 12.4 Å². The van der Waals surface area contributed by atoms with Gasteiger partial charge in [0.25, 0.3) is 0 Å². The van der Waals surface area contributed by atoms with Crippen molar-refractivity contribution in [3.8, 4) is 28.0 Å². The minimum absolute atomic E-state index is 0.441. The normalized spacial score (nSPS) is 10.8. The number of benzene rings is 3. The Kier molecular flexibility index (Phi) is 4.93. The summed E-state index contributed by atoms with van der Waals surface area (Å²) in [6.07, 6.45) is 3.69. The molecule has 30 heavy (non-hydrogen) atoms. The maximum atomic E-state index is 5.97. The number of hydrogen-bond acceptors (Lipinski definition) is 3. The second kappa shape index (κ2) is 8.18. The predicted molar refractivity (Wildman–Crippen MR) is 121 cm³/mol. The molecule has 144 valence electrons. The van der Waals surface area contributed by atoms with Gasteiger partial charge in [0.2, 0.25) is 0 Å². The van der Waals surface area contributed by atoms with E-state index in [1.807, 2.05) is 48.7 Å². The van der Waals surface area contributed by atoms with Crippen molar-refractivity contribution in [3.63, 3.8) is 0 Å². The van der Waals surface area contributed by atoms with Gasteiger partial charge in [-0.15, -0.1) is 0 Å². The molecule has 5 rings (SSSR count). The molecule has 0 atom stereocenters. The van der Waals surface area contributed by atoms with Crippen molar-refractivity contribution in [1.82, 2.24) is 9.97 Å². The summed E-state index contributed by atoms with van der Waals surface area (Å²) >= 11 is 0. The number of hydrogen-bond donors (Lipinski definition) is 0. The topological polar surface area (TPSA) is 35.0 Å². The van der Waals surface area contributed by atoms with E-state index in [2.05, 4.69) is 64.6 Å². The van der Waals surface area contributed by atoms with Gasteiger partial charge in [0.05, 0.1) is 11.2 Å². The fraction of sp³-hybridized carbons (Fsp3) is 0.0370. The zero-order valence-electron chi connectivity index (χ0n) is 16.4. The number of aromatic nitrogens is 2. The first kappa shape index (κ1) is 18.1. The molecule has 5 aromatic rings. The molecule has 0 spiro atoms. The van der Waals surface area contributed by atoms with Crippen LogP contribution in [0.4, 0.5) is 0 Å². The summed E-state index contributed by atoms with van der Waals surface area (Å²) < 4.78 is 5.97. The van der Waals surface area contributed by atoms with Gasteiger partial charge in [-0.3, -0.25) is 4.98 Å². The molecule has 0 aliphatic heterocycles. The third kappa shape index (κ3) is 3.78. The average Bonchev–Trinajstić information content (AvgIpc) is 2.83. The van der Waals surface area contributed by atoms with Crippen molar-refractivity contribution >= 4 is 10.9 Å². The SMILES string of the molecule is c1cncc(-c2ccccc2-c2ccc(OCc3ccc4ccccc4n3)cc2)c1. The summed E-state index contributed by atoms with van der Waals surface area (Å²) in [4.78, 5) is 8.93. The summed E-state index contributed by atoms with van der Waals surface area (Å²) in [5.74, 6) is 0.826. The van der Waals surface area contributed by atoms with Crippen LogP contribution in [-0.2, 0) is 6.61 Å². The fourth-order valence-corrected chi connectivity index (χ4v) is 3.59. The van der Waals surface area contributed by atoms with Crippen LogP contribution in [-0.4, -0.2) is 9.97 Å². The van der Waals surface area contributed by atoms with E-state index in [1.165, 1.54) is 11.1 Å². The van der Waals surface area contributed by atoms with Crippen molar-refractivity contribution in [2.45, 2.75) is 6.61 Å². The highest BCUT2D eigenvalue weighted by Gasteiger charge is 2.07. The van der Waals surface area contributed by atoms with Crippen LogP contribution >= 0.6 is 0 Å². The van der Waals surface area contributed by atoms with E-state index in [4.69, 9.17) is 4.74 Å². The van der Waals surface area contributed by atoms with Crippen molar-refractivity contribution in [3.05, 3.63) is 115 Å². The van der Waals surface area contributed by atoms with Gasteiger partial charge < -0.3 is 4.74 Å². The Morgan fingerprint density at radius 2 is 1.40 bits per heavy atom. The first-order valence-electron chi connectivity index (χ1n) is 9.94. The first-order valence-corrected chi connectivity index (χ1v) is 9.94. The van der Waals surface area contributed by atoms with Crippen LogP contribution in [0.3, 0.4) is 0 Å². The van der Waals surface area contributed by atoms with Crippen LogP contribution in [0, 0.1) is 0 Å². The Morgan fingerprint density at radius 1 is 0.633 bits per heavy atom. The lowest BCUT2D eigenvalue weighted by Gasteiger charge is -2.11. The number of rotatable bonds is 5. The lowest BCUT2D eigenvalue weighted by atomic mass is 9.95. The molecule has 0 amide bonds. The number of nitrogens with zero attached hydrogens (tertiary/aromatic N) is 2. The fourth-order valence-electron chi connectivity index (χ4n) is 3.59. The maximum absolute atomic E-state index is 5.97. The molecular formula is C27H20N2O. The lowest BCUT2D eigenvalue weighted by Crippen LogP contribution is -1.98. The zero-order chi connectivity index (χ0) is 20.2. The molecule has 0 saturated heterocycles. The van der Waals surface area contributed by atoms with E-state index >= 15 is 0 Å². The molecule has 0 aliphatic carbocycles. The quantitative estimate of drug-likeness (QED) is 0.343. The van der Waals surface area contributed by atoms with E-state index in [1.54, 1.807) is 6.20 Å². The number of pyridine rings is 2. The standard InChI is InChI=1S/C27H20N2O/c1-4-10-27-21(6-1)11-14-23(29-27)19-30-24-15-12-20(13-16-24)25-8-2-3-9-26(25)22-7-5-17-28-18-22/h1-18H,19H2. The second-order valence-corrected chi connectivity index (χ2v) is 7.10. The summed E-state index contributed by atoms with van der Waals surface area (Å²) in [5, 5.41) is 1.14. The second-order valence-electron chi connectivity index (χ2n) is 7.10. The highest BCUT2D eigenvalue weighted by atomic mass is 16.5. The number of ether oxygens (including phenoxy) is 1. The van der Waals surface area contributed by atoms with Crippen LogP contribution in [0.15, 0.2) is 109 Å². The Balaban J connectivity index is 1.35. The van der Waals surface area contributed by atoms with E-state index in [-0.39, 0.29) is 0 Å². The van der Waals surface area contributed by atoms with Crippen molar-refractivity contribution in [2.75, 3.05) is 0 Å². The van der Waals surface area contributed by atoms with Gasteiger partial charge in [-0.1, -0.05) is 66.7 Å². The molecule has 3 nitrogen and oxygen atoms in total. The summed E-state index contributed by atoms with van der Waals surface area (Å²) in [6, 6.07) is 32.8. The van der Waals surface area contributed by atoms with E-state index in [9.17, 15) is 0 Å². The summed E-state index contributed by atoms with van der Waals surface area (Å²) in [6.45, 7) is 0.441. The molecule has 0 radical (unpaired) electrons. The lowest BCUT2D eigenvalue weighted by molar-refractivity contribution is 0.302. The molecule has 0 unspecified atom stereocenters. The predicted octanol–water partition coefficient (Wildman–Crippen LogP) is 6.54. The van der Waals surface area contributed by atoms with Crippen molar-refractivity contribution in [2.24, 2.45) is 0 Å². The molecule has 3 heteroatoms. The number of fused-ring (bicyclic) bond motifs is 1. The molecule has 0 saturated carbocycles. The zero-order valence-corrected chi connectivity index (χ0v) is 16.4. The van der Waals surface area contributed by atoms with Gasteiger partial charge in [-0.05, 0) is 47.0 Å². The van der Waals surface area contributed by atoms with Crippen molar-refractivity contribution in [1.29, 1.82) is 0 Å². The molecular weight excluding hydrogens is 368 g/mol. The number of para-hydroxylation sites is 1. The Morgan fingerprint density at radius 3 is 2.20 bits per heavy atom. The highest BCUT2D eigenvalue weighted by Crippen LogP contribution is 2.32. The smallest absolute Gasteiger partial charge is 0.130 e. The Hall–Kier alpha value is -3.98. The summed E-state index contributed by atoms with van der Waals surface area (Å²) in [7, 11) is 0. The molecule has 3 aromatic carbocycles. The van der Waals surface area contributed by atoms with Crippen LogP contribution < -0.4 is 4.74 Å². The average molecular weight is 388 g/mol. The first-order chi connectivity index (χ1) is 14.9. The van der Waals surface area contributed by atoms with Crippen molar-refractivity contribution < 1.29 is 4.74 Å². The molecule has 0 N–H and O–H groups in total. The Bertz CT molecular complexity index is 1280. The monoisotopic (exact) mass is 388 g/mol.